The predicted octanol–water partition coefficient (Wildman–Crippen LogP) is -0.129. The van der Waals surface area contributed by atoms with Gasteiger partial charge in [-0.2, -0.15) is 0 Å². The summed E-state index contributed by atoms with van der Waals surface area (Å²) in [5, 5.41) is 29.2. The van der Waals surface area contributed by atoms with Crippen LogP contribution in [0.25, 0.3) is 0 Å². The molecule has 0 spiro atoms. The number of benzene rings is 1. The molecule has 0 aliphatic carbocycles. The number of carboxylic acid groups (broad SMARTS) is 1. The zero-order valence-corrected chi connectivity index (χ0v) is 8.85. The Bertz CT molecular complexity index is 425. The molecule has 0 radical (unpaired) electrons. The van der Waals surface area contributed by atoms with E-state index in [-0.39, 0.29) is 12.2 Å². The molecule has 6 N–H and O–H groups in total. The summed E-state index contributed by atoms with van der Waals surface area (Å²) in [7, 11) is 0. The van der Waals surface area contributed by atoms with Gasteiger partial charge in [0.15, 0.2) is 0 Å². The van der Waals surface area contributed by atoms with Gasteiger partial charge in [0.25, 0.3) is 0 Å². The Morgan fingerprint density at radius 3 is 2.71 bits per heavy atom. The Morgan fingerprint density at radius 2 is 2.18 bits per heavy atom. The molecule has 1 aromatic rings. The van der Waals surface area contributed by atoms with Crippen molar-refractivity contribution in [1.82, 2.24) is 0 Å². The summed E-state index contributed by atoms with van der Waals surface area (Å²) < 4.78 is 13.1. The third-order valence-electron chi connectivity index (χ3n) is 2.15. The number of aliphatic hydroxyl groups is 2. The van der Waals surface area contributed by atoms with Crippen LogP contribution in [-0.4, -0.2) is 40.5 Å². The highest BCUT2D eigenvalue weighted by Gasteiger charge is 2.17. The number of carboxylic acids is 1. The summed E-state index contributed by atoms with van der Waals surface area (Å²) in [6.07, 6.45) is -1.04. The highest BCUT2D eigenvalue weighted by Crippen LogP contribution is 2.25. The van der Waals surface area contributed by atoms with Crippen LogP contribution in [0.1, 0.15) is 10.4 Å². The summed E-state index contributed by atoms with van der Waals surface area (Å²) in [6.45, 7) is -0.534. The molecule has 0 aromatic heterocycles. The first kappa shape index (κ1) is 13.2. The number of nitrogen functional groups attached to an aromatic ring is 1. The van der Waals surface area contributed by atoms with Gasteiger partial charge in [-0.1, -0.05) is 0 Å². The third kappa shape index (κ3) is 3.05. The molecule has 1 atom stereocenters. The lowest BCUT2D eigenvalue weighted by atomic mass is 10.1. The van der Waals surface area contributed by atoms with Gasteiger partial charge >= 0.3 is 5.97 Å². The topological polar surface area (TPSA) is 116 Å². The highest BCUT2D eigenvalue weighted by atomic mass is 19.1. The van der Waals surface area contributed by atoms with E-state index in [4.69, 9.17) is 21.1 Å². The van der Waals surface area contributed by atoms with Crippen molar-refractivity contribution >= 4 is 17.3 Å². The van der Waals surface area contributed by atoms with Gasteiger partial charge < -0.3 is 26.4 Å². The average Bonchev–Trinajstić information content (AvgIpc) is 2.29. The zero-order valence-electron chi connectivity index (χ0n) is 8.85. The number of hydrogen-bond donors (Lipinski definition) is 5. The summed E-state index contributed by atoms with van der Waals surface area (Å²) >= 11 is 0. The first-order chi connectivity index (χ1) is 7.97. The van der Waals surface area contributed by atoms with Gasteiger partial charge in [-0.15, -0.1) is 0 Å². The molecule has 0 amide bonds. The molecule has 0 bridgehead atoms. The number of aromatic carboxylic acids is 1. The van der Waals surface area contributed by atoms with Gasteiger partial charge in [0, 0.05) is 6.54 Å². The molecule has 1 rings (SSSR count). The van der Waals surface area contributed by atoms with Crippen molar-refractivity contribution in [3.05, 3.63) is 23.5 Å². The second kappa shape index (κ2) is 5.46. The maximum atomic E-state index is 13.1. The van der Waals surface area contributed by atoms with Gasteiger partial charge in [0.05, 0.1) is 24.1 Å². The first-order valence-corrected chi connectivity index (χ1v) is 4.81. The number of hydrogen-bond acceptors (Lipinski definition) is 5. The van der Waals surface area contributed by atoms with E-state index < -0.39 is 35.7 Å². The molecule has 0 aliphatic heterocycles. The molecule has 7 heteroatoms. The van der Waals surface area contributed by atoms with E-state index in [0.717, 1.165) is 6.07 Å². The van der Waals surface area contributed by atoms with Crippen molar-refractivity contribution in [1.29, 1.82) is 0 Å². The maximum Gasteiger partial charge on any atom is 0.340 e. The number of halogens is 1. The average molecular weight is 244 g/mol. The van der Waals surface area contributed by atoms with Crippen molar-refractivity contribution in [3.8, 4) is 0 Å². The molecule has 0 aliphatic rings. The molecule has 6 nitrogen and oxygen atoms in total. The standard InChI is InChI=1S/C10H13FN2O4/c11-6-1-2-7(13-3-5(15)4-14)8(9(6)12)10(16)17/h1-2,5,13-15H,3-4,12H2,(H,16,17). The van der Waals surface area contributed by atoms with Crippen LogP contribution in [0.3, 0.4) is 0 Å². The molecule has 0 saturated carbocycles. The lowest BCUT2D eigenvalue weighted by molar-refractivity contribution is 0.0698. The minimum Gasteiger partial charge on any atom is -0.478 e. The summed E-state index contributed by atoms with van der Waals surface area (Å²) in [6, 6.07) is 2.23. The predicted molar refractivity (Wildman–Crippen MR) is 59.4 cm³/mol. The van der Waals surface area contributed by atoms with E-state index in [1.807, 2.05) is 0 Å². The fourth-order valence-corrected chi connectivity index (χ4v) is 1.26. The van der Waals surface area contributed by atoms with Crippen LogP contribution in [-0.2, 0) is 0 Å². The Balaban J connectivity index is 2.99. The summed E-state index contributed by atoms with van der Waals surface area (Å²) in [4.78, 5) is 10.9. The fourth-order valence-electron chi connectivity index (χ4n) is 1.26. The SMILES string of the molecule is Nc1c(F)ccc(NCC(O)CO)c1C(=O)O. The fraction of sp³-hybridized carbons (Fsp3) is 0.300. The van der Waals surface area contributed by atoms with Crippen LogP contribution in [0.15, 0.2) is 12.1 Å². The van der Waals surface area contributed by atoms with Gasteiger partial charge in [-0.25, -0.2) is 9.18 Å². The lowest BCUT2D eigenvalue weighted by Crippen LogP contribution is -2.24. The smallest absolute Gasteiger partial charge is 0.340 e. The number of nitrogens with one attached hydrogen (secondary N) is 1. The number of aliphatic hydroxyl groups excluding tert-OH is 2. The van der Waals surface area contributed by atoms with Crippen LogP contribution in [0, 0.1) is 5.82 Å². The van der Waals surface area contributed by atoms with Crippen molar-refractivity contribution in [2.75, 3.05) is 24.2 Å². The van der Waals surface area contributed by atoms with E-state index in [1.54, 1.807) is 0 Å². The second-order valence-corrected chi connectivity index (χ2v) is 3.41. The Hall–Kier alpha value is -1.86. The van der Waals surface area contributed by atoms with E-state index >= 15 is 0 Å². The second-order valence-electron chi connectivity index (χ2n) is 3.41. The van der Waals surface area contributed by atoms with Crippen LogP contribution >= 0.6 is 0 Å². The van der Waals surface area contributed by atoms with Crippen LogP contribution in [0.5, 0.6) is 0 Å². The van der Waals surface area contributed by atoms with Crippen LogP contribution < -0.4 is 11.1 Å². The van der Waals surface area contributed by atoms with Crippen LogP contribution in [0.2, 0.25) is 0 Å². The normalized spacial score (nSPS) is 12.2. The Labute approximate surface area is 96.5 Å². The molecule has 0 saturated heterocycles. The van der Waals surface area contributed by atoms with Crippen molar-refractivity contribution in [2.45, 2.75) is 6.10 Å². The van der Waals surface area contributed by atoms with Crippen molar-refractivity contribution in [2.24, 2.45) is 0 Å². The van der Waals surface area contributed by atoms with Crippen LogP contribution in [0.4, 0.5) is 15.8 Å². The number of anilines is 2. The van der Waals surface area contributed by atoms with E-state index in [0.29, 0.717) is 0 Å². The van der Waals surface area contributed by atoms with Gasteiger partial charge in [0.1, 0.15) is 11.4 Å². The molecular formula is C10H13FN2O4. The van der Waals surface area contributed by atoms with Gasteiger partial charge in [0.2, 0.25) is 0 Å². The number of nitrogens with two attached hydrogens (primary N) is 1. The van der Waals surface area contributed by atoms with Crippen molar-refractivity contribution in [3.63, 3.8) is 0 Å². The van der Waals surface area contributed by atoms with Gasteiger partial charge in [-0.05, 0) is 12.1 Å². The molecule has 1 unspecified atom stereocenters. The first-order valence-electron chi connectivity index (χ1n) is 4.81. The minimum atomic E-state index is -1.37. The monoisotopic (exact) mass is 244 g/mol. The number of carbonyl (C=O) groups is 1. The summed E-state index contributed by atoms with van der Waals surface area (Å²) in [5.41, 5.74) is 4.54. The molecule has 1 aromatic carbocycles. The molecule has 0 heterocycles. The maximum absolute atomic E-state index is 13.1. The van der Waals surface area contributed by atoms with E-state index in [2.05, 4.69) is 5.32 Å². The highest BCUT2D eigenvalue weighted by molar-refractivity contribution is 6.00. The lowest BCUT2D eigenvalue weighted by Gasteiger charge is -2.14. The minimum absolute atomic E-state index is 0.0676. The third-order valence-corrected chi connectivity index (χ3v) is 2.15. The van der Waals surface area contributed by atoms with Gasteiger partial charge in [-0.3, -0.25) is 0 Å². The van der Waals surface area contributed by atoms with Crippen molar-refractivity contribution < 1.29 is 24.5 Å². The quantitative estimate of drug-likeness (QED) is 0.461. The number of rotatable bonds is 5. The molecule has 17 heavy (non-hydrogen) atoms. The molecular weight excluding hydrogens is 231 g/mol. The summed E-state index contributed by atoms with van der Waals surface area (Å²) in [5.74, 6) is -2.20. The van der Waals surface area contributed by atoms with E-state index in [1.165, 1.54) is 6.07 Å². The largest absolute Gasteiger partial charge is 0.478 e. The Morgan fingerprint density at radius 1 is 1.53 bits per heavy atom. The molecule has 94 valence electrons. The zero-order chi connectivity index (χ0) is 13.0. The Kier molecular flexibility index (Phi) is 4.24. The molecule has 0 fully saturated rings. The van der Waals surface area contributed by atoms with E-state index in [9.17, 15) is 9.18 Å².